The molecule has 2 rings (SSSR count). The summed E-state index contributed by atoms with van der Waals surface area (Å²) in [4.78, 5) is 24.4. The molecule has 0 aliphatic rings. The maximum absolute atomic E-state index is 13.9. The molecule has 0 fully saturated rings. The van der Waals surface area contributed by atoms with Gasteiger partial charge in [-0.25, -0.2) is 14.2 Å². The fourth-order valence-electron chi connectivity index (χ4n) is 1.45. The minimum absolute atomic E-state index is 0.0573. The Hall–Kier alpha value is -2.55. The molecular weight excluding hydrogens is 351 g/mol. The Balaban J connectivity index is 2.43. The van der Waals surface area contributed by atoms with Gasteiger partial charge >= 0.3 is 5.97 Å². The molecule has 0 amide bonds. The van der Waals surface area contributed by atoms with Crippen LogP contribution in [0.3, 0.4) is 0 Å². The average Bonchev–Trinajstić information content (AvgIpc) is 2.42. The third-order valence-electron chi connectivity index (χ3n) is 2.42. The van der Waals surface area contributed by atoms with E-state index in [0.717, 1.165) is 18.3 Å². The Bertz CT molecular complexity index is 738. The molecule has 1 aromatic heterocycles. The maximum atomic E-state index is 13.9. The van der Waals surface area contributed by atoms with Crippen LogP contribution in [0.5, 0.6) is 11.6 Å². The summed E-state index contributed by atoms with van der Waals surface area (Å²) in [5.41, 5.74) is -0.871. The molecule has 0 radical (unpaired) electrons. The van der Waals surface area contributed by atoms with Crippen molar-refractivity contribution in [2.45, 2.75) is 0 Å². The van der Waals surface area contributed by atoms with Crippen molar-refractivity contribution in [3.63, 3.8) is 0 Å². The number of carboxylic acids is 1. The van der Waals surface area contributed by atoms with Crippen LogP contribution in [0.2, 0.25) is 0 Å². The number of pyridine rings is 1. The van der Waals surface area contributed by atoms with E-state index in [9.17, 15) is 19.3 Å². The van der Waals surface area contributed by atoms with Gasteiger partial charge < -0.3 is 9.84 Å². The number of carboxylic acid groups (broad SMARTS) is 1. The van der Waals surface area contributed by atoms with Crippen LogP contribution in [0.1, 0.15) is 10.4 Å². The molecule has 0 spiro atoms. The van der Waals surface area contributed by atoms with E-state index in [1.54, 1.807) is 0 Å². The summed E-state index contributed by atoms with van der Waals surface area (Å²) < 4.78 is 19.3. The summed E-state index contributed by atoms with van der Waals surface area (Å²) >= 11 is 3.09. The van der Waals surface area contributed by atoms with E-state index in [0.29, 0.717) is 4.47 Å². The van der Waals surface area contributed by atoms with E-state index in [1.165, 1.54) is 12.1 Å². The molecule has 0 aliphatic heterocycles. The third-order valence-corrected chi connectivity index (χ3v) is 3.07. The molecule has 0 saturated heterocycles. The molecule has 21 heavy (non-hydrogen) atoms. The number of carbonyl (C=O) groups is 1. The van der Waals surface area contributed by atoms with E-state index in [2.05, 4.69) is 20.9 Å². The lowest BCUT2D eigenvalue weighted by molar-refractivity contribution is -0.384. The first-order valence-electron chi connectivity index (χ1n) is 5.39. The van der Waals surface area contributed by atoms with Gasteiger partial charge in [-0.2, -0.15) is 0 Å². The zero-order chi connectivity index (χ0) is 15.6. The van der Waals surface area contributed by atoms with E-state index >= 15 is 0 Å². The molecular formula is C12H6BrFN2O5. The monoisotopic (exact) mass is 356 g/mol. The molecule has 0 unspecified atom stereocenters. The highest BCUT2D eigenvalue weighted by Gasteiger charge is 2.19. The molecule has 108 valence electrons. The lowest BCUT2D eigenvalue weighted by atomic mass is 10.2. The summed E-state index contributed by atoms with van der Waals surface area (Å²) in [6.45, 7) is 0. The van der Waals surface area contributed by atoms with Gasteiger partial charge in [-0.05, 0) is 28.1 Å². The number of aromatic nitrogens is 1. The Kier molecular flexibility index (Phi) is 4.13. The molecule has 1 heterocycles. The second-order valence-electron chi connectivity index (χ2n) is 3.76. The smallest absolute Gasteiger partial charge is 0.338 e. The number of nitro benzene ring substituents is 1. The second-order valence-corrected chi connectivity index (χ2v) is 4.61. The first-order chi connectivity index (χ1) is 9.90. The maximum Gasteiger partial charge on any atom is 0.338 e. The fourth-order valence-corrected chi connectivity index (χ4v) is 1.78. The van der Waals surface area contributed by atoms with Crippen molar-refractivity contribution in [3.05, 3.63) is 56.4 Å². The molecule has 7 nitrogen and oxygen atoms in total. The number of rotatable bonds is 4. The largest absolute Gasteiger partial charge is 0.478 e. The Morgan fingerprint density at radius 1 is 1.43 bits per heavy atom. The summed E-state index contributed by atoms with van der Waals surface area (Å²) in [5, 5.41) is 19.5. The lowest BCUT2D eigenvalue weighted by Crippen LogP contribution is -2.03. The van der Waals surface area contributed by atoms with Crippen LogP contribution < -0.4 is 4.74 Å². The minimum atomic E-state index is -1.47. The van der Waals surface area contributed by atoms with Crippen molar-refractivity contribution in [3.8, 4) is 11.6 Å². The highest BCUT2D eigenvalue weighted by Crippen LogP contribution is 2.33. The van der Waals surface area contributed by atoms with Crippen molar-refractivity contribution >= 4 is 27.6 Å². The summed E-state index contributed by atoms with van der Waals surface area (Å²) in [7, 11) is 0. The first-order valence-corrected chi connectivity index (χ1v) is 6.19. The second kappa shape index (κ2) is 5.83. The highest BCUT2D eigenvalue weighted by molar-refractivity contribution is 9.10. The van der Waals surface area contributed by atoms with Gasteiger partial charge in [-0.1, -0.05) is 0 Å². The number of halogens is 2. The van der Waals surface area contributed by atoms with Crippen LogP contribution >= 0.6 is 15.9 Å². The quantitative estimate of drug-likeness (QED) is 0.665. The number of non-ortho nitro benzene ring substituents is 1. The Morgan fingerprint density at radius 3 is 2.76 bits per heavy atom. The predicted octanol–water partition coefficient (Wildman–Crippen LogP) is 3.38. The number of benzene rings is 1. The van der Waals surface area contributed by atoms with Gasteiger partial charge in [0.2, 0.25) is 0 Å². The molecule has 0 atom stereocenters. The van der Waals surface area contributed by atoms with Crippen LogP contribution in [0.15, 0.2) is 34.9 Å². The minimum Gasteiger partial charge on any atom is -0.478 e. The van der Waals surface area contributed by atoms with Crippen molar-refractivity contribution in [2.75, 3.05) is 0 Å². The zero-order valence-corrected chi connectivity index (χ0v) is 11.7. The summed E-state index contributed by atoms with van der Waals surface area (Å²) in [6, 6.07) is 4.63. The summed E-state index contributed by atoms with van der Waals surface area (Å²) in [5.74, 6) is -3.28. The first kappa shape index (κ1) is 14.9. The van der Waals surface area contributed by atoms with E-state index in [-0.39, 0.29) is 11.4 Å². The lowest BCUT2D eigenvalue weighted by Gasteiger charge is -2.08. The van der Waals surface area contributed by atoms with E-state index in [4.69, 9.17) is 9.84 Å². The van der Waals surface area contributed by atoms with Crippen molar-refractivity contribution in [1.82, 2.24) is 4.98 Å². The van der Waals surface area contributed by atoms with Gasteiger partial charge in [0.05, 0.1) is 15.5 Å². The molecule has 0 aliphatic carbocycles. The number of nitrogens with zero attached hydrogens (tertiary/aromatic N) is 2. The SMILES string of the molecule is O=C(O)c1ccnc(Oc2cc([N+](=O)[O-])ccc2Br)c1F. The van der Waals surface area contributed by atoms with Gasteiger partial charge in [-0.3, -0.25) is 10.1 Å². The van der Waals surface area contributed by atoms with E-state index < -0.39 is 28.2 Å². The fraction of sp³-hybridized carbons (Fsp3) is 0. The summed E-state index contributed by atoms with van der Waals surface area (Å²) in [6.07, 6.45) is 1.06. The number of nitro groups is 1. The third kappa shape index (κ3) is 3.14. The van der Waals surface area contributed by atoms with Gasteiger partial charge in [-0.15, -0.1) is 0 Å². The normalized spacial score (nSPS) is 10.2. The van der Waals surface area contributed by atoms with Crippen molar-refractivity contribution < 1.29 is 24.0 Å². The zero-order valence-electron chi connectivity index (χ0n) is 10.1. The van der Waals surface area contributed by atoms with Crippen LogP contribution in [0.25, 0.3) is 0 Å². The van der Waals surface area contributed by atoms with Crippen molar-refractivity contribution in [1.29, 1.82) is 0 Å². The molecule has 9 heteroatoms. The standard InChI is InChI=1S/C12H6BrFN2O5/c13-8-2-1-6(16(19)20)5-9(8)21-11-10(14)7(12(17)18)3-4-15-11/h1-5H,(H,17,18). The van der Waals surface area contributed by atoms with Crippen LogP contribution in [-0.4, -0.2) is 21.0 Å². The van der Waals surface area contributed by atoms with Crippen LogP contribution in [0.4, 0.5) is 10.1 Å². The van der Waals surface area contributed by atoms with Gasteiger partial charge in [0.1, 0.15) is 5.56 Å². The molecule has 1 N–H and O–H groups in total. The van der Waals surface area contributed by atoms with Crippen LogP contribution in [0, 0.1) is 15.9 Å². The number of hydrogen-bond acceptors (Lipinski definition) is 5. The Morgan fingerprint density at radius 2 is 2.14 bits per heavy atom. The van der Waals surface area contributed by atoms with Gasteiger partial charge in [0.15, 0.2) is 11.6 Å². The van der Waals surface area contributed by atoms with Crippen LogP contribution in [-0.2, 0) is 0 Å². The predicted molar refractivity (Wildman–Crippen MR) is 72.0 cm³/mol. The Labute approximate surface area is 125 Å². The topological polar surface area (TPSA) is 103 Å². The van der Waals surface area contributed by atoms with E-state index in [1.807, 2.05) is 0 Å². The number of ether oxygens (including phenoxy) is 1. The molecule has 0 saturated carbocycles. The number of aromatic carboxylic acids is 1. The molecule has 2 aromatic rings. The van der Waals surface area contributed by atoms with Gasteiger partial charge in [0.25, 0.3) is 11.6 Å². The number of hydrogen-bond donors (Lipinski definition) is 1. The average molecular weight is 357 g/mol. The highest BCUT2D eigenvalue weighted by atomic mass is 79.9. The molecule has 1 aromatic carbocycles. The van der Waals surface area contributed by atoms with Crippen molar-refractivity contribution in [2.24, 2.45) is 0 Å². The molecule has 0 bridgehead atoms. The van der Waals surface area contributed by atoms with Gasteiger partial charge in [0, 0.05) is 12.3 Å².